The highest BCUT2D eigenvalue weighted by Gasteiger charge is 2.08. The maximum absolute atomic E-state index is 12.0. The van der Waals surface area contributed by atoms with Gasteiger partial charge >= 0.3 is 0 Å². The summed E-state index contributed by atoms with van der Waals surface area (Å²) in [6.07, 6.45) is 0.519. The van der Waals surface area contributed by atoms with Crippen molar-refractivity contribution in [3.8, 4) is 0 Å². The van der Waals surface area contributed by atoms with Crippen LogP contribution in [0.4, 0.5) is 4.39 Å². The van der Waals surface area contributed by atoms with E-state index >= 15 is 0 Å². The molecule has 53 valence electrons. The quantitative estimate of drug-likeness (QED) is 0.569. The van der Waals surface area contributed by atoms with Crippen molar-refractivity contribution in [2.75, 3.05) is 0 Å². The van der Waals surface area contributed by atoms with E-state index < -0.39 is 6.17 Å². The summed E-state index contributed by atoms with van der Waals surface area (Å²) < 4.78 is 12.0. The summed E-state index contributed by atoms with van der Waals surface area (Å²) in [5.41, 5.74) is 0. The summed E-state index contributed by atoms with van der Waals surface area (Å²) in [6.45, 7) is 4.94. The van der Waals surface area contributed by atoms with E-state index in [0.717, 1.165) is 12.8 Å². The fourth-order valence-corrected chi connectivity index (χ4v) is 0.508. The average molecular weight is 131 g/mol. The van der Waals surface area contributed by atoms with Crippen LogP contribution in [-0.4, -0.2) is 12.0 Å². The zero-order chi connectivity index (χ0) is 7.28. The highest BCUT2D eigenvalue weighted by Crippen LogP contribution is 2.00. The van der Waals surface area contributed by atoms with Gasteiger partial charge < -0.3 is 0 Å². The van der Waals surface area contributed by atoms with Gasteiger partial charge in [-0.1, -0.05) is 13.3 Å². The van der Waals surface area contributed by atoms with E-state index in [0.29, 0.717) is 6.42 Å². The molecule has 0 saturated heterocycles. The predicted octanol–water partition coefficient (Wildman–Crippen LogP) is 1.92. The molecule has 0 aromatic carbocycles. The van der Waals surface area contributed by atoms with Crippen molar-refractivity contribution in [2.24, 2.45) is 0 Å². The normalized spacial score (nSPS) is 13.2. The first-order chi connectivity index (χ1) is 4.18. The van der Waals surface area contributed by atoms with Gasteiger partial charge in [0, 0.05) is 6.42 Å². The molecular formula is C7H12FO. The summed E-state index contributed by atoms with van der Waals surface area (Å²) in [4.78, 5) is 10.5. The molecule has 0 heterocycles. The van der Waals surface area contributed by atoms with Crippen LogP contribution in [-0.2, 0) is 4.79 Å². The van der Waals surface area contributed by atoms with Crippen LogP contribution in [0.25, 0.3) is 0 Å². The monoisotopic (exact) mass is 131 g/mol. The van der Waals surface area contributed by atoms with E-state index in [1.54, 1.807) is 0 Å². The standard InChI is InChI=1S/C7H12FO/c1-3-4-5-7(9)6(2)8/h6H,2-5H2,1H3. The predicted molar refractivity (Wildman–Crippen MR) is 34.8 cm³/mol. The van der Waals surface area contributed by atoms with Crippen molar-refractivity contribution >= 4 is 5.78 Å². The first kappa shape index (κ1) is 8.60. The Labute approximate surface area is 55.3 Å². The lowest BCUT2D eigenvalue weighted by Gasteiger charge is -1.97. The molecular weight excluding hydrogens is 119 g/mol. The smallest absolute Gasteiger partial charge is 0.166 e. The zero-order valence-corrected chi connectivity index (χ0v) is 5.69. The second-order valence-corrected chi connectivity index (χ2v) is 2.04. The Bertz CT molecular complexity index is 88.9. The van der Waals surface area contributed by atoms with E-state index in [9.17, 15) is 9.18 Å². The lowest BCUT2D eigenvalue weighted by Crippen LogP contribution is -2.10. The molecule has 0 spiro atoms. The number of halogens is 1. The SMILES string of the molecule is [CH2]C(F)C(=O)CCCC. The molecule has 0 aliphatic rings. The Balaban J connectivity index is 3.28. The van der Waals surface area contributed by atoms with Crippen LogP contribution < -0.4 is 0 Å². The van der Waals surface area contributed by atoms with Gasteiger partial charge in [0.05, 0.1) is 0 Å². The Morgan fingerprint density at radius 1 is 1.78 bits per heavy atom. The molecule has 0 bridgehead atoms. The third kappa shape index (κ3) is 4.13. The molecule has 0 aliphatic heterocycles. The van der Waals surface area contributed by atoms with Gasteiger partial charge in [-0.15, -0.1) is 0 Å². The van der Waals surface area contributed by atoms with Crippen molar-refractivity contribution in [2.45, 2.75) is 32.4 Å². The van der Waals surface area contributed by atoms with Crippen molar-refractivity contribution < 1.29 is 9.18 Å². The van der Waals surface area contributed by atoms with Crippen LogP contribution in [0.1, 0.15) is 26.2 Å². The topological polar surface area (TPSA) is 17.1 Å². The number of hydrogen-bond donors (Lipinski definition) is 0. The van der Waals surface area contributed by atoms with Crippen molar-refractivity contribution in [1.82, 2.24) is 0 Å². The van der Waals surface area contributed by atoms with Crippen LogP contribution in [0.3, 0.4) is 0 Å². The summed E-state index contributed by atoms with van der Waals surface area (Å²) >= 11 is 0. The highest BCUT2D eigenvalue weighted by atomic mass is 19.1. The van der Waals surface area contributed by atoms with Crippen LogP contribution in [0.15, 0.2) is 0 Å². The fraction of sp³-hybridized carbons (Fsp3) is 0.714. The first-order valence-corrected chi connectivity index (χ1v) is 3.18. The number of unbranched alkanes of at least 4 members (excludes halogenated alkanes) is 1. The number of Topliss-reactive ketones (excluding diaryl/α,β-unsaturated/α-hetero) is 1. The molecule has 0 aromatic rings. The van der Waals surface area contributed by atoms with E-state index in [-0.39, 0.29) is 5.78 Å². The number of alkyl halides is 1. The van der Waals surface area contributed by atoms with Crippen LogP contribution >= 0.6 is 0 Å². The first-order valence-electron chi connectivity index (χ1n) is 3.18. The summed E-state index contributed by atoms with van der Waals surface area (Å²) in [5.74, 6) is -0.378. The molecule has 0 saturated carbocycles. The molecule has 0 aromatic heterocycles. The molecule has 1 unspecified atom stereocenters. The van der Waals surface area contributed by atoms with Gasteiger partial charge in [0.25, 0.3) is 0 Å². The number of carbonyl (C=O) groups is 1. The maximum atomic E-state index is 12.0. The Kier molecular flexibility index (Phi) is 4.28. The van der Waals surface area contributed by atoms with Gasteiger partial charge in [0.1, 0.15) is 0 Å². The molecule has 2 heteroatoms. The largest absolute Gasteiger partial charge is 0.296 e. The van der Waals surface area contributed by atoms with E-state index in [1.807, 2.05) is 6.92 Å². The van der Waals surface area contributed by atoms with Gasteiger partial charge in [-0.05, 0) is 13.3 Å². The fourth-order valence-electron chi connectivity index (χ4n) is 0.508. The Hall–Kier alpha value is -0.400. The second-order valence-electron chi connectivity index (χ2n) is 2.04. The summed E-state index contributed by atoms with van der Waals surface area (Å²) in [6, 6.07) is 0. The molecule has 0 N–H and O–H groups in total. The number of carbonyl (C=O) groups excluding carboxylic acids is 1. The Morgan fingerprint density at radius 2 is 2.33 bits per heavy atom. The summed E-state index contributed by atoms with van der Waals surface area (Å²) in [7, 11) is 0. The van der Waals surface area contributed by atoms with Gasteiger partial charge in [0.15, 0.2) is 12.0 Å². The molecule has 1 radical (unpaired) electrons. The van der Waals surface area contributed by atoms with Gasteiger partial charge in [-0.2, -0.15) is 0 Å². The molecule has 1 atom stereocenters. The van der Waals surface area contributed by atoms with E-state index in [4.69, 9.17) is 0 Å². The minimum Gasteiger partial charge on any atom is -0.296 e. The van der Waals surface area contributed by atoms with Crippen molar-refractivity contribution in [1.29, 1.82) is 0 Å². The van der Waals surface area contributed by atoms with Gasteiger partial charge in [-0.3, -0.25) is 4.79 Å². The molecule has 9 heavy (non-hydrogen) atoms. The lowest BCUT2D eigenvalue weighted by molar-refractivity contribution is -0.122. The average Bonchev–Trinajstić information content (AvgIpc) is 1.82. The number of hydrogen-bond acceptors (Lipinski definition) is 1. The van der Waals surface area contributed by atoms with Crippen LogP contribution in [0, 0.1) is 6.92 Å². The van der Waals surface area contributed by atoms with Crippen molar-refractivity contribution in [3.63, 3.8) is 0 Å². The van der Waals surface area contributed by atoms with Crippen LogP contribution in [0.2, 0.25) is 0 Å². The highest BCUT2D eigenvalue weighted by molar-refractivity contribution is 5.83. The van der Waals surface area contributed by atoms with E-state index in [2.05, 4.69) is 6.92 Å². The zero-order valence-electron chi connectivity index (χ0n) is 5.69. The molecule has 0 aliphatic carbocycles. The maximum Gasteiger partial charge on any atom is 0.166 e. The number of ketones is 1. The van der Waals surface area contributed by atoms with Crippen LogP contribution in [0.5, 0.6) is 0 Å². The molecule has 1 nitrogen and oxygen atoms in total. The molecule has 0 rings (SSSR count). The van der Waals surface area contributed by atoms with Gasteiger partial charge in [0.2, 0.25) is 0 Å². The second kappa shape index (κ2) is 4.48. The van der Waals surface area contributed by atoms with Gasteiger partial charge in [-0.25, -0.2) is 4.39 Å². The molecule has 0 amide bonds. The van der Waals surface area contributed by atoms with Crippen molar-refractivity contribution in [3.05, 3.63) is 6.92 Å². The summed E-state index contributed by atoms with van der Waals surface area (Å²) in [5, 5.41) is 0. The Morgan fingerprint density at radius 3 is 2.67 bits per heavy atom. The molecule has 0 fully saturated rings. The minimum atomic E-state index is -1.52. The number of rotatable bonds is 4. The third-order valence-corrected chi connectivity index (χ3v) is 1.13. The minimum absolute atomic E-state index is 0.334. The van der Waals surface area contributed by atoms with E-state index in [1.165, 1.54) is 0 Å². The third-order valence-electron chi connectivity index (χ3n) is 1.13. The lowest BCUT2D eigenvalue weighted by atomic mass is 10.1.